The number of fused-ring (bicyclic) bond motifs is 9. The Morgan fingerprint density at radius 1 is 0.423 bits per heavy atom. The maximum absolute atomic E-state index is 5.52. The molecule has 1 aliphatic heterocycles. The van der Waals surface area contributed by atoms with Crippen LogP contribution in [0.5, 0.6) is 0 Å². The highest BCUT2D eigenvalue weighted by Gasteiger charge is 2.27. The topological polar surface area (TPSA) is 34.2 Å². The van der Waals surface area contributed by atoms with Crippen LogP contribution in [-0.2, 0) is 0 Å². The summed E-state index contributed by atoms with van der Waals surface area (Å²) < 4.78 is 4.76. The average molecular weight is 665 g/mol. The van der Waals surface area contributed by atoms with Crippen molar-refractivity contribution >= 4 is 65.9 Å². The molecule has 0 saturated heterocycles. The number of benzene rings is 8. The molecule has 1 unspecified atom stereocenters. The minimum absolute atomic E-state index is 0.238. The van der Waals surface area contributed by atoms with E-state index in [9.17, 15) is 0 Å². The van der Waals surface area contributed by atoms with Gasteiger partial charge in [-0.3, -0.25) is 4.57 Å². The summed E-state index contributed by atoms with van der Waals surface area (Å²) in [7, 11) is 0. The maximum atomic E-state index is 5.52. The van der Waals surface area contributed by atoms with Gasteiger partial charge in [-0.25, -0.2) is 4.99 Å². The molecule has 52 heavy (non-hydrogen) atoms. The molecule has 0 amide bonds. The van der Waals surface area contributed by atoms with Crippen molar-refractivity contribution in [1.29, 1.82) is 0 Å². The Morgan fingerprint density at radius 3 is 1.83 bits per heavy atom. The van der Waals surface area contributed by atoms with Gasteiger partial charge in [-0.1, -0.05) is 133 Å². The van der Waals surface area contributed by atoms with Crippen LogP contribution in [0.2, 0.25) is 0 Å². The Bertz CT molecular complexity index is 3040. The molecule has 2 aromatic heterocycles. The Labute approximate surface area is 300 Å². The number of nitrogens with one attached hydrogen (secondary N) is 1. The average Bonchev–Trinajstić information content (AvgIpc) is 3.73. The van der Waals surface area contributed by atoms with E-state index < -0.39 is 0 Å². The molecule has 0 radical (unpaired) electrons. The monoisotopic (exact) mass is 664 g/mol. The van der Waals surface area contributed by atoms with Crippen LogP contribution in [0.25, 0.3) is 71.2 Å². The first-order chi connectivity index (χ1) is 25.8. The summed E-state index contributed by atoms with van der Waals surface area (Å²) in [6.45, 7) is 0. The zero-order valence-corrected chi connectivity index (χ0v) is 28.2. The summed E-state index contributed by atoms with van der Waals surface area (Å²) in [4.78, 5) is 5.52. The lowest BCUT2D eigenvalue weighted by atomic mass is 9.99. The second-order valence-electron chi connectivity index (χ2n) is 13.6. The van der Waals surface area contributed by atoms with Gasteiger partial charge in [0.1, 0.15) is 12.0 Å². The Hall–Kier alpha value is -6.91. The number of rotatable bonds is 3. The fraction of sp³-hybridized carbons (Fsp3) is 0.0208. The standard InChI is InChI=1S/C48H32N4/c1-3-14-32(15-4-1)47-49-46-36-18-8-7-13-31(36)23-27-40(46)48(50-47)52-43-22-12-9-19-37(43)39-26-24-34(30-45(39)52)33-25-28-44-41(29-33)38-20-10-11-21-42(38)51(44)35-16-5-2-6-17-35/h1-30,47,49H. The van der Waals surface area contributed by atoms with Crippen LogP contribution >= 0.6 is 0 Å². The number of aromatic nitrogens is 2. The summed E-state index contributed by atoms with van der Waals surface area (Å²) >= 11 is 0. The minimum atomic E-state index is -0.238. The molecule has 1 aliphatic rings. The largest absolute Gasteiger partial charge is 0.359 e. The van der Waals surface area contributed by atoms with E-state index >= 15 is 0 Å². The third-order valence-electron chi connectivity index (χ3n) is 10.7. The molecule has 0 fully saturated rings. The molecule has 0 bridgehead atoms. The lowest BCUT2D eigenvalue weighted by molar-refractivity contribution is 0.821. The molecule has 0 saturated carbocycles. The SMILES string of the molecule is c1ccc(C2N=C(n3c4ccccc4c4ccc(-c5ccc6c(c5)c5ccccc5n6-c5ccccc5)cc43)c3ccc4ccccc4c3N2)cc1. The number of nitrogens with zero attached hydrogens (tertiary/aromatic N) is 3. The molecule has 8 aromatic carbocycles. The van der Waals surface area contributed by atoms with E-state index in [1.807, 2.05) is 0 Å². The molecule has 10 aromatic rings. The minimum Gasteiger partial charge on any atom is -0.359 e. The van der Waals surface area contributed by atoms with Gasteiger partial charge >= 0.3 is 0 Å². The summed E-state index contributed by atoms with van der Waals surface area (Å²) in [5.41, 5.74) is 11.5. The first-order valence-corrected chi connectivity index (χ1v) is 17.8. The lowest BCUT2D eigenvalue weighted by Crippen LogP contribution is -2.25. The van der Waals surface area contributed by atoms with Gasteiger partial charge in [0.2, 0.25) is 0 Å². The van der Waals surface area contributed by atoms with Crippen molar-refractivity contribution in [1.82, 2.24) is 9.13 Å². The summed E-state index contributed by atoms with van der Waals surface area (Å²) in [5, 5.41) is 11.1. The highest BCUT2D eigenvalue weighted by Crippen LogP contribution is 2.41. The number of aliphatic imine (C=N–C) groups is 1. The van der Waals surface area contributed by atoms with Crippen molar-refractivity contribution in [3.05, 3.63) is 193 Å². The quantitative estimate of drug-likeness (QED) is 0.200. The van der Waals surface area contributed by atoms with Crippen molar-refractivity contribution in [2.24, 2.45) is 4.99 Å². The van der Waals surface area contributed by atoms with Crippen LogP contribution in [0.3, 0.4) is 0 Å². The van der Waals surface area contributed by atoms with Crippen molar-refractivity contribution in [2.75, 3.05) is 5.32 Å². The molecule has 1 N–H and O–H groups in total. The number of hydrogen-bond acceptors (Lipinski definition) is 2. The van der Waals surface area contributed by atoms with Gasteiger partial charge in [0.25, 0.3) is 0 Å². The number of anilines is 1. The van der Waals surface area contributed by atoms with Crippen molar-refractivity contribution in [3.63, 3.8) is 0 Å². The Balaban J connectivity index is 1.15. The smallest absolute Gasteiger partial charge is 0.147 e. The van der Waals surface area contributed by atoms with Crippen molar-refractivity contribution in [3.8, 4) is 16.8 Å². The molecule has 0 spiro atoms. The molecule has 11 rings (SSSR count). The van der Waals surface area contributed by atoms with Gasteiger partial charge in [0.15, 0.2) is 0 Å². The van der Waals surface area contributed by atoms with Gasteiger partial charge in [-0.15, -0.1) is 0 Å². The molecule has 0 aliphatic carbocycles. The predicted molar refractivity (Wildman–Crippen MR) is 218 cm³/mol. The zero-order valence-electron chi connectivity index (χ0n) is 28.2. The first-order valence-electron chi connectivity index (χ1n) is 17.8. The Morgan fingerprint density at radius 2 is 1.02 bits per heavy atom. The summed E-state index contributed by atoms with van der Waals surface area (Å²) in [6.07, 6.45) is -0.238. The highest BCUT2D eigenvalue weighted by atomic mass is 15.2. The molecule has 244 valence electrons. The van der Waals surface area contributed by atoms with Crippen LogP contribution in [0.4, 0.5) is 5.69 Å². The third-order valence-corrected chi connectivity index (χ3v) is 10.7. The second kappa shape index (κ2) is 11.3. The van der Waals surface area contributed by atoms with E-state index in [2.05, 4.69) is 196 Å². The summed E-state index contributed by atoms with van der Waals surface area (Å²) in [5.74, 6) is 0.943. The number of para-hydroxylation sites is 3. The van der Waals surface area contributed by atoms with Crippen LogP contribution in [-0.4, -0.2) is 15.0 Å². The van der Waals surface area contributed by atoms with Gasteiger partial charge in [0.05, 0.1) is 27.8 Å². The number of hydrogen-bond donors (Lipinski definition) is 1. The molecule has 1 atom stereocenters. The fourth-order valence-electron chi connectivity index (χ4n) is 8.33. The van der Waals surface area contributed by atoms with E-state index in [1.54, 1.807) is 0 Å². The van der Waals surface area contributed by atoms with Gasteiger partial charge in [0, 0.05) is 38.2 Å². The molecular formula is C48H32N4. The van der Waals surface area contributed by atoms with E-state index in [1.165, 1.54) is 54.5 Å². The van der Waals surface area contributed by atoms with Crippen molar-refractivity contribution < 1.29 is 0 Å². The third kappa shape index (κ3) is 4.31. The van der Waals surface area contributed by atoms with Crippen LogP contribution in [0.15, 0.2) is 187 Å². The molecule has 4 nitrogen and oxygen atoms in total. The van der Waals surface area contributed by atoms with E-state index in [0.29, 0.717) is 0 Å². The first kappa shape index (κ1) is 28.9. The predicted octanol–water partition coefficient (Wildman–Crippen LogP) is 12.1. The van der Waals surface area contributed by atoms with Crippen LogP contribution in [0, 0.1) is 0 Å². The molecular weight excluding hydrogens is 633 g/mol. The normalized spacial score (nSPS) is 14.2. The van der Waals surface area contributed by atoms with Crippen LogP contribution in [0.1, 0.15) is 17.3 Å². The summed E-state index contributed by atoms with van der Waals surface area (Å²) in [6, 6.07) is 65.5. The van der Waals surface area contributed by atoms with E-state index in [0.717, 1.165) is 39.4 Å². The van der Waals surface area contributed by atoms with E-state index in [4.69, 9.17) is 4.99 Å². The molecule has 4 heteroatoms. The zero-order chi connectivity index (χ0) is 34.2. The maximum Gasteiger partial charge on any atom is 0.147 e. The van der Waals surface area contributed by atoms with Gasteiger partial charge in [-0.05, 0) is 70.6 Å². The Kier molecular flexibility index (Phi) is 6.28. The van der Waals surface area contributed by atoms with E-state index in [-0.39, 0.29) is 6.17 Å². The highest BCUT2D eigenvalue weighted by molar-refractivity contribution is 6.22. The van der Waals surface area contributed by atoms with Gasteiger partial charge in [-0.2, -0.15) is 0 Å². The van der Waals surface area contributed by atoms with Gasteiger partial charge < -0.3 is 9.88 Å². The van der Waals surface area contributed by atoms with Crippen molar-refractivity contribution in [2.45, 2.75) is 6.17 Å². The second-order valence-corrected chi connectivity index (χ2v) is 13.6. The lowest BCUT2D eigenvalue weighted by Gasteiger charge is -2.28. The van der Waals surface area contributed by atoms with Crippen LogP contribution < -0.4 is 5.32 Å². The fourth-order valence-corrected chi connectivity index (χ4v) is 8.33. The molecule has 3 heterocycles.